The van der Waals surface area contributed by atoms with E-state index < -0.39 is 5.60 Å². The standard InChI is InChI=1S/C13H15BrO2/c1-16-8-5-6-12(14)11(7-8)13(15)9-3-2-4-10(9)13/h5-7,9-10,15H,2-4H2,1H3. The molecule has 2 atom stereocenters. The third-order valence-electron chi connectivity index (χ3n) is 4.14. The molecule has 0 radical (unpaired) electrons. The first-order chi connectivity index (χ1) is 7.67. The number of benzene rings is 1. The lowest BCUT2D eigenvalue weighted by Crippen LogP contribution is -2.14. The first-order valence-corrected chi connectivity index (χ1v) is 6.53. The first kappa shape index (κ1) is 10.6. The Balaban J connectivity index is 2.00. The van der Waals surface area contributed by atoms with E-state index >= 15 is 0 Å². The van der Waals surface area contributed by atoms with Crippen LogP contribution in [0.5, 0.6) is 5.75 Å². The van der Waals surface area contributed by atoms with Gasteiger partial charge in [0.25, 0.3) is 0 Å². The van der Waals surface area contributed by atoms with E-state index in [9.17, 15) is 5.11 Å². The first-order valence-electron chi connectivity index (χ1n) is 5.74. The SMILES string of the molecule is COc1ccc(Br)c(C2(O)C3CCCC32)c1. The Hall–Kier alpha value is -0.540. The highest BCUT2D eigenvalue weighted by atomic mass is 79.9. The van der Waals surface area contributed by atoms with Crippen molar-refractivity contribution in [1.29, 1.82) is 0 Å². The van der Waals surface area contributed by atoms with E-state index in [1.165, 1.54) is 6.42 Å². The lowest BCUT2D eigenvalue weighted by molar-refractivity contribution is 0.104. The summed E-state index contributed by atoms with van der Waals surface area (Å²) in [5.41, 5.74) is 0.410. The Morgan fingerprint density at radius 2 is 2.06 bits per heavy atom. The monoisotopic (exact) mass is 282 g/mol. The molecule has 0 aliphatic heterocycles. The molecule has 1 aromatic carbocycles. The van der Waals surface area contributed by atoms with Crippen LogP contribution in [0.15, 0.2) is 22.7 Å². The molecule has 2 aliphatic rings. The van der Waals surface area contributed by atoms with Crippen LogP contribution < -0.4 is 4.74 Å². The Morgan fingerprint density at radius 3 is 2.69 bits per heavy atom. The van der Waals surface area contributed by atoms with Crippen molar-refractivity contribution < 1.29 is 9.84 Å². The van der Waals surface area contributed by atoms with E-state index in [1.807, 2.05) is 18.2 Å². The Bertz CT molecular complexity index is 420. The van der Waals surface area contributed by atoms with E-state index in [-0.39, 0.29) is 0 Å². The van der Waals surface area contributed by atoms with Crippen molar-refractivity contribution in [2.75, 3.05) is 7.11 Å². The molecule has 1 N–H and O–H groups in total. The predicted molar refractivity (Wildman–Crippen MR) is 65.4 cm³/mol. The molecule has 0 saturated heterocycles. The quantitative estimate of drug-likeness (QED) is 0.903. The van der Waals surface area contributed by atoms with Crippen molar-refractivity contribution in [2.45, 2.75) is 24.9 Å². The van der Waals surface area contributed by atoms with Gasteiger partial charge in [-0.3, -0.25) is 0 Å². The zero-order valence-corrected chi connectivity index (χ0v) is 10.8. The molecule has 0 spiro atoms. The normalized spacial score (nSPS) is 35.9. The number of halogens is 1. The maximum absolute atomic E-state index is 10.7. The van der Waals surface area contributed by atoms with Crippen molar-refractivity contribution in [3.63, 3.8) is 0 Å². The van der Waals surface area contributed by atoms with Gasteiger partial charge >= 0.3 is 0 Å². The summed E-state index contributed by atoms with van der Waals surface area (Å²) in [6.07, 6.45) is 3.58. The number of aliphatic hydroxyl groups is 1. The van der Waals surface area contributed by atoms with Gasteiger partial charge < -0.3 is 9.84 Å². The van der Waals surface area contributed by atoms with Crippen molar-refractivity contribution in [3.8, 4) is 5.75 Å². The molecule has 2 saturated carbocycles. The highest BCUT2D eigenvalue weighted by Gasteiger charge is 2.66. The van der Waals surface area contributed by atoms with Gasteiger partial charge in [-0.1, -0.05) is 22.4 Å². The van der Waals surface area contributed by atoms with Gasteiger partial charge in [0.15, 0.2) is 0 Å². The smallest absolute Gasteiger partial charge is 0.119 e. The minimum Gasteiger partial charge on any atom is -0.497 e. The molecule has 2 nitrogen and oxygen atoms in total. The summed E-state index contributed by atoms with van der Waals surface area (Å²) in [5.74, 6) is 1.75. The highest BCUT2D eigenvalue weighted by molar-refractivity contribution is 9.10. The van der Waals surface area contributed by atoms with Crippen molar-refractivity contribution in [3.05, 3.63) is 28.2 Å². The second-order valence-electron chi connectivity index (χ2n) is 4.82. The minimum atomic E-state index is -0.592. The van der Waals surface area contributed by atoms with Crippen LogP contribution in [0.4, 0.5) is 0 Å². The van der Waals surface area contributed by atoms with Crippen molar-refractivity contribution in [2.24, 2.45) is 11.8 Å². The minimum absolute atomic E-state index is 0.468. The average molecular weight is 283 g/mol. The van der Waals surface area contributed by atoms with Gasteiger partial charge in [0.2, 0.25) is 0 Å². The van der Waals surface area contributed by atoms with E-state index in [0.29, 0.717) is 11.8 Å². The maximum atomic E-state index is 10.7. The molecule has 2 aliphatic carbocycles. The van der Waals surface area contributed by atoms with Crippen LogP contribution in [-0.4, -0.2) is 12.2 Å². The topological polar surface area (TPSA) is 29.5 Å². The zero-order chi connectivity index (χ0) is 11.3. The van der Waals surface area contributed by atoms with Gasteiger partial charge in [-0.2, -0.15) is 0 Å². The second kappa shape index (κ2) is 3.47. The fraction of sp³-hybridized carbons (Fsp3) is 0.538. The molecule has 0 heterocycles. The summed E-state index contributed by atoms with van der Waals surface area (Å²) >= 11 is 3.53. The van der Waals surface area contributed by atoms with Crippen LogP contribution >= 0.6 is 15.9 Å². The largest absolute Gasteiger partial charge is 0.497 e. The molecule has 1 aromatic rings. The van der Waals surface area contributed by atoms with Crippen molar-refractivity contribution in [1.82, 2.24) is 0 Å². The van der Waals surface area contributed by atoms with Gasteiger partial charge in [-0.15, -0.1) is 0 Å². The van der Waals surface area contributed by atoms with Crippen LogP contribution in [0.1, 0.15) is 24.8 Å². The molecule has 86 valence electrons. The van der Waals surface area contributed by atoms with Crippen LogP contribution in [-0.2, 0) is 5.60 Å². The van der Waals surface area contributed by atoms with Crippen molar-refractivity contribution >= 4 is 15.9 Å². The molecule has 16 heavy (non-hydrogen) atoms. The number of rotatable bonds is 2. The fourth-order valence-electron chi connectivity index (χ4n) is 3.26. The third-order valence-corrected chi connectivity index (χ3v) is 4.83. The number of fused-ring (bicyclic) bond motifs is 1. The number of methoxy groups -OCH3 is 1. The number of hydrogen-bond donors (Lipinski definition) is 1. The van der Waals surface area contributed by atoms with Gasteiger partial charge in [-0.05, 0) is 42.9 Å². The summed E-state index contributed by atoms with van der Waals surface area (Å²) in [6.45, 7) is 0. The summed E-state index contributed by atoms with van der Waals surface area (Å²) in [4.78, 5) is 0. The van der Waals surface area contributed by atoms with E-state index in [2.05, 4.69) is 15.9 Å². The predicted octanol–water partition coefficient (Wildman–Crippen LogP) is 3.08. The van der Waals surface area contributed by atoms with E-state index in [1.54, 1.807) is 7.11 Å². The Labute approximate surface area is 104 Å². The van der Waals surface area contributed by atoms with Crippen LogP contribution in [0.3, 0.4) is 0 Å². The molecule has 0 amide bonds. The van der Waals surface area contributed by atoms with Gasteiger partial charge in [0.05, 0.1) is 12.7 Å². The highest BCUT2D eigenvalue weighted by Crippen LogP contribution is 2.67. The third kappa shape index (κ3) is 1.28. The molecule has 0 aromatic heterocycles. The molecular weight excluding hydrogens is 268 g/mol. The van der Waals surface area contributed by atoms with Gasteiger partial charge in [-0.25, -0.2) is 0 Å². The van der Waals surface area contributed by atoms with Crippen LogP contribution in [0, 0.1) is 11.8 Å². The lowest BCUT2D eigenvalue weighted by Gasteiger charge is -2.17. The molecular formula is C13H15BrO2. The molecule has 2 unspecified atom stereocenters. The summed E-state index contributed by atoms with van der Waals surface area (Å²) in [5, 5.41) is 10.7. The Morgan fingerprint density at radius 1 is 1.38 bits per heavy atom. The van der Waals surface area contributed by atoms with Crippen LogP contribution in [0.2, 0.25) is 0 Å². The van der Waals surface area contributed by atoms with E-state index in [0.717, 1.165) is 28.6 Å². The molecule has 0 bridgehead atoms. The van der Waals surface area contributed by atoms with Gasteiger partial charge in [0, 0.05) is 10.0 Å². The van der Waals surface area contributed by atoms with E-state index in [4.69, 9.17) is 4.74 Å². The Kier molecular flexibility index (Phi) is 2.30. The summed E-state index contributed by atoms with van der Waals surface area (Å²) < 4.78 is 6.21. The van der Waals surface area contributed by atoms with Gasteiger partial charge in [0.1, 0.15) is 5.75 Å². The second-order valence-corrected chi connectivity index (χ2v) is 5.67. The zero-order valence-electron chi connectivity index (χ0n) is 9.24. The number of hydrogen-bond acceptors (Lipinski definition) is 2. The lowest BCUT2D eigenvalue weighted by atomic mass is 9.99. The number of ether oxygens (including phenoxy) is 1. The fourth-order valence-corrected chi connectivity index (χ4v) is 3.82. The average Bonchev–Trinajstić information content (AvgIpc) is 2.70. The summed E-state index contributed by atoms with van der Waals surface area (Å²) in [7, 11) is 1.66. The van der Waals surface area contributed by atoms with Crippen LogP contribution in [0.25, 0.3) is 0 Å². The molecule has 3 rings (SSSR count). The molecule has 2 fully saturated rings. The summed E-state index contributed by atoms with van der Waals surface area (Å²) in [6, 6.07) is 5.83. The molecule has 3 heteroatoms. The maximum Gasteiger partial charge on any atom is 0.119 e.